The molecule has 1 saturated carbocycles. The van der Waals surface area contributed by atoms with Crippen LogP contribution in [0.3, 0.4) is 0 Å². The summed E-state index contributed by atoms with van der Waals surface area (Å²) in [5.41, 5.74) is 0.328. The highest BCUT2D eigenvalue weighted by molar-refractivity contribution is 6.00. The first-order valence-corrected chi connectivity index (χ1v) is 7.12. The van der Waals surface area contributed by atoms with E-state index in [2.05, 4.69) is 18.7 Å². The molecule has 0 heterocycles. The Morgan fingerprint density at radius 1 is 1.45 bits per heavy atom. The Morgan fingerprint density at radius 2 is 2.15 bits per heavy atom. The number of Topliss-reactive ketones (excluding diaryl/α,β-unsaturated/α-hetero) is 1. The van der Waals surface area contributed by atoms with Crippen LogP contribution in [0.15, 0.2) is 18.2 Å². The summed E-state index contributed by atoms with van der Waals surface area (Å²) < 4.78 is 18.5. The SMILES string of the molecule is COc1ccc(F)cc1C(=O)CN(CC1CC1)C(C)C. The van der Waals surface area contributed by atoms with Gasteiger partial charge in [-0.05, 0) is 50.8 Å². The Labute approximate surface area is 119 Å². The van der Waals surface area contributed by atoms with Crippen molar-refractivity contribution in [2.45, 2.75) is 32.7 Å². The molecule has 0 saturated heterocycles. The van der Waals surface area contributed by atoms with Crippen LogP contribution in [0.25, 0.3) is 0 Å². The Bertz CT molecular complexity index is 483. The minimum atomic E-state index is -0.410. The largest absolute Gasteiger partial charge is 0.496 e. The number of carbonyl (C=O) groups excluding carboxylic acids is 1. The lowest BCUT2D eigenvalue weighted by atomic mass is 10.1. The molecule has 0 aliphatic heterocycles. The zero-order valence-electron chi connectivity index (χ0n) is 12.4. The number of hydrogen-bond acceptors (Lipinski definition) is 3. The molecule has 4 heteroatoms. The van der Waals surface area contributed by atoms with Crippen LogP contribution < -0.4 is 4.74 Å². The third-order valence-corrected chi connectivity index (χ3v) is 3.73. The van der Waals surface area contributed by atoms with Crippen molar-refractivity contribution in [2.75, 3.05) is 20.2 Å². The molecule has 110 valence electrons. The number of hydrogen-bond donors (Lipinski definition) is 0. The van der Waals surface area contributed by atoms with Gasteiger partial charge >= 0.3 is 0 Å². The van der Waals surface area contributed by atoms with Crippen molar-refractivity contribution in [2.24, 2.45) is 5.92 Å². The van der Waals surface area contributed by atoms with Crippen molar-refractivity contribution in [3.8, 4) is 5.75 Å². The van der Waals surface area contributed by atoms with Crippen LogP contribution in [0.5, 0.6) is 5.75 Å². The first-order chi connectivity index (χ1) is 9.51. The van der Waals surface area contributed by atoms with Crippen LogP contribution in [0.4, 0.5) is 4.39 Å². The highest BCUT2D eigenvalue weighted by Crippen LogP contribution is 2.30. The van der Waals surface area contributed by atoms with Gasteiger partial charge in [-0.15, -0.1) is 0 Å². The van der Waals surface area contributed by atoms with Gasteiger partial charge in [0, 0.05) is 12.6 Å². The van der Waals surface area contributed by atoms with E-state index in [0.717, 1.165) is 12.5 Å². The van der Waals surface area contributed by atoms with Gasteiger partial charge in [-0.25, -0.2) is 4.39 Å². The number of benzene rings is 1. The summed E-state index contributed by atoms with van der Waals surface area (Å²) in [6.45, 7) is 5.42. The van der Waals surface area contributed by atoms with Gasteiger partial charge in [0.05, 0.1) is 19.2 Å². The smallest absolute Gasteiger partial charge is 0.180 e. The standard InChI is InChI=1S/C16H22FNO2/c1-11(2)18(9-12-4-5-12)10-15(19)14-8-13(17)6-7-16(14)20-3/h6-8,11-12H,4-5,9-10H2,1-3H3. The Hall–Kier alpha value is -1.42. The molecule has 0 atom stereocenters. The van der Waals surface area contributed by atoms with Gasteiger partial charge in [-0.2, -0.15) is 0 Å². The molecule has 1 aliphatic carbocycles. The zero-order chi connectivity index (χ0) is 14.7. The maximum Gasteiger partial charge on any atom is 0.180 e. The van der Waals surface area contributed by atoms with Gasteiger partial charge in [0.2, 0.25) is 0 Å². The molecule has 1 aromatic rings. The molecule has 1 aromatic carbocycles. The molecule has 0 amide bonds. The highest BCUT2D eigenvalue weighted by atomic mass is 19.1. The number of ether oxygens (including phenoxy) is 1. The summed E-state index contributed by atoms with van der Waals surface area (Å²) in [4.78, 5) is 14.6. The van der Waals surface area contributed by atoms with Crippen LogP contribution in [0.1, 0.15) is 37.0 Å². The number of rotatable bonds is 7. The third-order valence-electron chi connectivity index (χ3n) is 3.73. The van der Waals surface area contributed by atoms with Crippen LogP contribution in [0, 0.1) is 11.7 Å². The number of nitrogens with zero attached hydrogens (tertiary/aromatic N) is 1. The molecule has 2 rings (SSSR count). The predicted octanol–water partition coefficient (Wildman–Crippen LogP) is 3.14. The van der Waals surface area contributed by atoms with Gasteiger partial charge in [0.25, 0.3) is 0 Å². The van der Waals surface area contributed by atoms with Crippen LogP contribution in [0.2, 0.25) is 0 Å². The summed E-state index contributed by atoms with van der Waals surface area (Å²) in [7, 11) is 1.49. The normalized spacial score (nSPS) is 14.9. The molecule has 0 radical (unpaired) electrons. The molecule has 0 unspecified atom stereocenters. The van der Waals surface area contributed by atoms with Crippen LogP contribution in [-0.2, 0) is 0 Å². The Balaban J connectivity index is 2.11. The van der Waals surface area contributed by atoms with E-state index < -0.39 is 5.82 Å². The van der Waals surface area contributed by atoms with Crippen molar-refractivity contribution in [1.82, 2.24) is 4.90 Å². The molecule has 0 aromatic heterocycles. The number of methoxy groups -OCH3 is 1. The monoisotopic (exact) mass is 279 g/mol. The second kappa shape index (κ2) is 6.35. The number of halogens is 1. The molecule has 0 spiro atoms. The summed E-state index contributed by atoms with van der Waals surface area (Å²) in [5, 5.41) is 0. The van der Waals surface area contributed by atoms with E-state index in [1.165, 1.54) is 38.2 Å². The number of carbonyl (C=O) groups is 1. The van der Waals surface area contributed by atoms with Gasteiger partial charge in [0.15, 0.2) is 5.78 Å². The topological polar surface area (TPSA) is 29.5 Å². The number of ketones is 1. The molecule has 0 N–H and O–H groups in total. The van der Waals surface area contributed by atoms with E-state index in [1.54, 1.807) is 0 Å². The molecular weight excluding hydrogens is 257 g/mol. The van der Waals surface area contributed by atoms with Crippen molar-refractivity contribution in [1.29, 1.82) is 0 Å². The fraction of sp³-hybridized carbons (Fsp3) is 0.562. The second-order valence-corrected chi connectivity index (χ2v) is 5.73. The molecular formula is C16H22FNO2. The summed E-state index contributed by atoms with van der Waals surface area (Å²) in [5.74, 6) is 0.661. The lowest BCUT2D eigenvalue weighted by molar-refractivity contribution is 0.0897. The average Bonchev–Trinajstić information content (AvgIpc) is 3.21. The zero-order valence-corrected chi connectivity index (χ0v) is 12.4. The van der Waals surface area contributed by atoms with Gasteiger partial charge in [-0.3, -0.25) is 9.69 Å². The molecule has 1 aliphatic rings. The average molecular weight is 279 g/mol. The predicted molar refractivity (Wildman–Crippen MR) is 76.7 cm³/mol. The van der Waals surface area contributed by atoms with Crippen molar-refractivity contribution in [3.63, 3.8) is 0 Å². The fourth-order valence-electron chi connectivity index (χ4n) is 2.26. The van der Waals surface area contributed by atoms with E-state index >= 15 is 0 Å². The Kier molecular flexibility index (Phi) is 4.76. The molecule has 0 bridgehead atoms. The fourth-order valence-corrected chi connectivity index (χ4v) is 2.26. The van der Waals surface area contributed by atoms with Crippen molar-refractivity contribution < 1.29 is 13.9 Å². The van der Waals surface area contributed by atoms with Crippen LogP contribution >= 0.6 is 0 Å². The van der Waals surface area contributed by atoms with Crippen molar-refractivity contribution >= 4 is 5.78 Å². The van der Waals surface area contributed by atoms with E-state index in [0.29, 0.717) is 23.9 Å². The first-order valence-electron chi connectivity index (χ1n) is 7.12. The van der Waals surface area contributed by atoms with Gasteiger partial charge < -0.3 is 4.74 Å². The van der Waals surface area contributed by atoms with E-state index in [9.17, 15) is 9.18 Å². The van der Waals surface area contributed by atoms with E-state index in [4.69, 9.17) is 4.74 Å². The molecule has 3 nitrogen and oxygen atoms in total. The molecule has 1 fully saturated rings. The summed E-state index contributed by atoms with van der Waals surface area (Å²) >= 11 is 0. The van der Waals surface area contributed by atoms with Crippen molar-refractivity contribution in [3.05, 3.63) is 29.6 Å². The Morgan fingerprint density at radius 3 is 2.70 bits per heavy atom. The first kappa shape index (κ1) is 15.0. The van der Waals surface area contributed by atoms with E-state index in [1.807, 2.05) is 0 Å². The summed E-state index contributed by atoms with van der Waals surface area (Å²) in [6.07, 6.45) is 2.50. The van der Waals surface area contributed by atoms with E-state index in [-0.39, 0.29) is 5.78 Å². The minimum absolute atomic E-state index is 0.0873. The van der Waals surface area contributed by atoms with Crippen LogP contribution in [-0.4, -0.2) is 36.9 Å². The van der Waals surface area contributed by atoms with Gasteiger partial charge in [-0.1, -0.05) is 0 Å². The molecule has 20 heavy (non-hydrogen) atoms. The minimum Gasteiger partial charge on any atom is -0.496 e. The second-order valence-electron chi connectivity index (χ2n) is 5.73. The lowest BCUT2D eigenvalue weighted by Gasteiger charge is -2.25. The maximum atomic E-state index is 13.3. The third kappa shape index (κ3) is 3.79. The lowest BCUT2D eigenvalue weighted by Crippen LogP contribution is -2.37. The quantitative estimate of drug-likeness (QED) is 0.718. The highest BCUT2D eigenvalue weighted by Gasteiger charge is 2.27. The summed E-state index contributed by atoms with van der Waals surface area (Å²) in [6, 6.07) is 4.37. The van der Waals surface area contributed by atoms with Gasteiger partial charge in [0.1, 0.15) is 11.6 Å². The maximum absolute atomic E-state index is 13.3.